The van der Waals surface area contributed by atoms with Crippen molar-refractivity contribution in [3.8, 4) is 22.6 Å². The Labute approximate surface area is 177 Å². The number of esters is 1. The fraction of sp³-hybridized carbons (Fsp3) is 0.346. The summed E-state index contributed by atoms with van der Waals surface area (Å²) in [6.07, 6.45) is 5.92. The molecule has 1 N–H and O–H groups in total. The van der Waals surface area contributed by atoms with E-state index in [1.165, 1.54) is 32.8 Å². The van der Waals surface area contributed by atoms with Crippen LogP contribution < -0.4 is 4.74 Å². The highest BCUT2D eigenvalue weighted by molar-refractivity contribution is 5.89. The van der Waals surface area contributed by atoms with Crippen LogP contribution in [0.5, 0.6) is 11.5 Å². The van der Waals surface area contributed by atoms with E-state index in [-0.39, 0.29) is 11.7 Å². The van der Waals surface area contributed by atoms with Gasteiger partial charge >= 0.3 is 5.97 Å². The number of hydrogen-bond acceptors (Lipinski definition) is 4. The second-order valence-electron chi connectivity index (χ2n) is 8.08. The number of fused-ring (bicyclic) bond motifs is 1. The van der Waals surface area contributed by atoms with Crippen molar-refractivity contribution in [2.45, 2.75) is 38.5 Å². The minimum Gasteiger partial charge on any atom is -0.508 e. The van der Waals surface area contributed by atoms with Crippen LogP contribution in [0.4, 0.5) is 0 Å². The molecule has 3 aromatic rings. The SMILES string of the molecule is COC(=O)CCc1cccc(-c2ccc3cc(O)ccc3c2)c1OCC1CCCC1. The maximum absolute atomic E-state index is 11.7. The highest BCUT2D eigenvalue weighted by Crippen LogP contribution is 2.37. The van der Waals surface area contributed by atoms with Gasteiger partial charge in [-0.2, -0.15) is 0 Å². The molecular formula is C26H28O4. The first-order valence-corrected chi connectivity index (χ1v) is 10.7. The fourth-order valence-corrected chi connectivity index (χ4v) is 4.30. The molecule has 0 amide bonds. The Morgan fingerprint density at radius 2 is 1.80 bits per heavy atom. The van der Waals surface area contributed by atoms with Crippen LogP contribution in [-0.2, 0) is 16.0 Å². The highest BCUT2D eigenvalue weighted by atomic mass is 16.5. The number of benzene rings is 3. The van der Waals surface area contributed by atoms with Crippen LogP contribution in [-0.4, -0.2) is 24.8 Å². The lowest BCUT2D eigenvalue weighted by atomic mass is 9.96. The van der Waals surface area contributed by atoms with Crippen molar-refractivity contribution >= 4 is 16.7 Å². The summed E-state index contributed by atoms with van der Waals surface area (Å²) in [4.78, 5) is 11.7. The normalized spacial score (nSPS) is 14.2. The number of aryl methyl sites for hydroxylation is 1. The van der Waals surface area contributed by atoms with Gasteiger partial charge in [0.25, 0.3) is 0 Å². The van der Waals surface area contributed by atoms with E-state index >= 15 is 0 Å². The van der Waals surface area contributed by atoms with E-state index in [0.29, 0.717) is 25.4 Å². The zero-order valence-electron chi connectivity index (χ0n) is 17.4. The Morgan fingerprint density at radius 3 is 2.60 bits per heavy atom. The molecule has 1 aliphatic rings. The van der Waals surface area contributed by atoms with Gasteiger partial charge in [-0.3, -0.25) is 4.79 Å². The van der Waals surface area contributed by atoms with E-state index in [0.717, 1.165) is 33.2 Å². The first-order valence-electron chi connectivity index (χ1n) is 10.7. The summed E-state index contributed by atoms with van der Waals surface area (Å²) in [7, 11) is 1.42. The van der Waals surface area contributed by atoms with Crippen molar-refractivity contribution in [1.29, 1.82) is 0 Å². The molecule has 0 aliphatic heterocycles. The fourth-order valence-electron chi connectivity index (χ4n) is 4.30. The zero-order chi connectivity index (χ0) is 20.9. The summed E-state index contributed by atoms with van der Waals surface area (Å²) in [5, 5.41) is 11.8. The quantitative estimate of drug-likeness (QED) is 0.499. The maximum atomic E-state index is 11.7. The van der Waals surface area contributed by atoms with Crippen LogP contribution in [0.1, 0.15) is 37.7 Å². The number of para-hydroxylation sites is 1. The van der Waals surface area contributed by atoms with E-state index in [4.69, 9.17) is 9.47 Å². The Morgan fingerprint density at radius 1 is 1.03 bits per heavy atom. The lowest BCUT2D eigenvalue weighted by Gasteiger charge is -2.19. The summed E-state index contributed by atoms with van der Waals surface area (Å²) in [5.74, 6) is 1.52. The van der Waals surface area contributed by atoms with Crippen molar-refractivity contribution in [1.82, 2.24) is 0 Å². The number of hydrogen-bond donors (Lipinski definition) is 1. The number of phenolic OH excluding ortho intramolecular Hbond substituents is 1. The topological polar surface area (TPSA) is 55.8 Å². The maximum Gasteiger partial charge on any atom is 0.305 e. The second kappa shape index (κ2) is 9.21. The Hall–Kier alpha value is -3.01. The predicted molar refractivity (Wildman–Crippen MR) is 119 cm³/mol. The zero-order valence-corrected chi connectivity index (χ0v) is 17.4. The number of methoxy groups -OCH3 is 1. The largest absolute Gasteiger partial charge is 0.508 e. The average molecular weight is 405 g/mol. The molecule has 4 heteroatoms. The van der Waals surface area contributed by atoms with Gasteiger partial charge in [0.2, 0.25) is 0 Å². The summed E-state index contributed by atoms with van der Waals surface area (Å²) in [5.41, 5.74) is 3.13. The number of carbonyl (C=O) groups is 1. The number of ether oxygens (including phenoxy) is 2. The molecule has 156 valence electrons. The van der Waals surface area contributed by atoms with Gasteiger partial charge in [-0.05, 0) is 65.3 Å². The third-order valence-corrected chi connectivity index (χ3v) is 6.00. The summed E-state index contributed by atoms with van der Waals surface area (Å²) >= 11 is 0. The monoisotopic (exact) mass is 404 g/mol. The molecule has 0 heterocycles. The van der Waals surface area contributed by atoms with E-state index in [1.807, 2.05) is 24.3 Å². The third kappa shape index (κ3) is 4.59. The second-order valence-corrected chi connectivity index (χ2v) is 8.08. The summed E-state index contributed by atoms with van der Waals surface area (Å²) in [6, 6.07) is 17.7. The number of carbonyl (C=O) groups excluding carboxylic acids is 1. The van der Waals surface area contributed by atoms with Gasteiger partial charge < -0.3 is 14.6 Å². The van der Waals surface area contributed by atoms with Gasteiger partial charge in [0, 0.05) is 12.0 Å². The van der Waals surface area contributed by atoms with E-state index < -0.39 is 0 Å². The molecule has 3 aromatic carbocycles. The molecule has 1 fully saturated rings. The minimum absolute atomic E-state index is 0.215. The Balaban J connectivity index is 1.69. The van der Waals surface area contributed by atoms with Crippen molar-refractivity contribution in [2.24, 2.45) is 5.92 Å². The molecular weight excluding hydrogens is 376 g/mol. The van der Waals surface area contributed by atoms with Gasteiger partial charge in [-0.15, -0.1) is 0 Å². The van der Waals surface area contributed by atoms with Crippen molar-refractivity contribution in [3.63, 3.8) is 0 Å². The molecule has 0 saturated heterocycles. The van der Waals surface area contributed by atoms with Gasteiger partial charge in [0.05, 0.1) is 13.7 Å². The molecule has 0 aromatic heterocycles. The molecule has 1 saturated carbocycles. The van der Waals surface area contributed by atoms with E-state index in [1.54, 1.807) is 12.1 Å². The number of phenols is 1. The van der Waals surface area contributed by atoms with Gasteiger partial charge in [0.1, 0.15) is 11.5 Å². The van der Waals surface area contributed by atoms with Gasteiger partial charge in [-0.1, -0.05) is 49.2 Å². The third-order valence-electron chi connectivity index (χ3n) is 6.00. The van der Waals surface area contributed by atoms with Crippen LogP contribution in [0.25, 0.3) is 21.9 Å². The van der Waals surface area contributed by atoms with Crippen LogP contribution in [0.2, 0.25) is 0 Å². The standard InChI is InChI=1S/C26H28O4/c1-29-25(28)14-12-19-7-4-8-24(26(19)30-17-18-5-2-3-6-18)22-10-9-21-16-23(27)13-11-20(21)15-22/h4,7-11,13,15-16,18,27H,2-3,5-6,12,14,17H2,1H3. The van der Waals surface area contributed by atoms with Crippen LogP contribution in [0.3, 0.4) is 0 Å². The van der Waals surface area contributed by atoms with Crippen molar-refractivity contribution in [2.75, 3.05) is 13.7 Å². The van der Waals surface area contributed by atoms with Crippen LogP contribution in [0.15, 0.2) is 54.6 Å². The minimum atomic E-state index is -0.215. The van der Waals surface area contributed by atoms with Crippen molar-refractivity contribution in [3.05, 3.63) is 60.2 Å². The van der Waals surface area contributed by atoms with Crippen LogP contribution >= 0.6 is 0 Å². The van der Waals surface area contributed by atoms with Gasteiger partial charge in [-0.25, -0.2) is 0 Å². The molecule has 30 heavy (non-hydrogen) atoms. The summed E-state index contributed by atoms with van der Waals surface area (Å²) < 4.78 is 11.2. The first kappa shape index (κ1) is 20.3. The number of aromatic hydroxyl groups is 1. The van der Waals surface area contributed by atoms with E-state index in [9.17, 15) is 9.90 Å². The number of rotatable bonds is 7. The van der Waals surface area contributed by atoms with Gasteiger partial charge in [0.15, 0.2) is 0 Å². The molecule has 0 unspecified atom stereocenters. The molecule has 0 atom stereocenters. The van der Waals surface area contributed by atoms with Crippen LogP contribution in [0, 0.1) is 5.92 Å². The molecule has 4 nitrogen and oxygen atoms in total. The molecule has 0 bridgehead atoms. The lowest BCUT2D eigenvalue weighted by molar-refractivity contribution is -0.140. The molecule has 0 spiro atoms. The molecule has 4 rings (SSSR count). The Bertz CT molecular complexity index is 1030. The van der Waals surface area contributed by atoms with E-state index in [2.05, 4.69) is 18.2 Å². The Kier molecular flexibility index (Phi) is 6.22. The smallest absolute Gasteiger partial charge is 0.305 e. The first-order chi connectivity index (χ1) is 14.6. The molecule has 1 aliphatic carbocycles. The predicted octanol–water partition coefficient (Wildman–Crippen LogP) is 5.89. The lowest BCUT2D eigenvalue weighted by Crippen LogP contribution is -2.11. The average Bonchev–Trinajstić information content (AvgIpc) is 3.29. The summed E-state index contributed by atoms with van der Waals surface area (Å²) in [6.45, 7) is 0.712. The molecule has 0 radical (unpaired) electrons. The highest BCUT2D eigenvalue weighted by Gasteiger charge is 2.19. The van der Waals surface area contributed by atoms with Crippen molar-refractivity contribution < 1.29 is 19.4 Å².